The van der Waals surface area contributed by atoms with Crippen LogP contribution in [0.25, 0.3) is 0 Å². The van der Waals surface area contributed by atoms with Crippen LogP contribution in [0.3, 0.4) is 0 Å². The first-order valence-corrected chi connectivity index (χ1v) is 8.12. The maximum atomic E-state index is 3.49. The van der Waals surface area contributed by atoms with Gasteiger partial charge in [0.2, 0.25) is 0 Å². The van der Waals surface area contributed by atoms with Gasteiger partial charge in [0.25, 0.3) is 0 Å². The highest BCUT2D eigenvalue weighted by Crippen LogP contribution is 2.25. The van der Waals surface area contributed by atoms with Crippen molar-refractivity contribution in [3.63, 3.8) is 0 Å². The normalized spacial score (nSPS) is 25.5. The highest BCUT2D eigenvalue weighted by molar-refractivity contribution is 5.85. The van der Waals surface area contributed by atoms with E-state index in [4.69, 9.17) is 0 Å². The van der Waals surface area contributed by atoms with Crippen molar-refractivity contribution < 1.29 is 0 Å². The molecule has 3 rings (SSSR count). The summed E-state index contributed by atoms with van der Waals surface area (Å²) in [7, 11) is 0. The molecule has 2 heterocycles. The number of piperazine rings is 1. The minimum atomic E-state index is 0. The zero-order chi connectivity index (χ0) is 13.8. The zero-order valence-electron chi connectivity index (χ0n) is 13.0. The van der Waals surface area contributed by atoms with Gasteiger partial charge in [-0.3, -0.25) is 9.80 Å². The Morgan fingerprint density at radius 3 is 2.43 bits per heavy atom. The van der Waals surface area contributed by atoms with Gasteiger partial charge in [0, 0.05) is 44.8 Å². The molecule has 4 heteroatoms. The first-order chi connectivity index (χ1) is 9.88. The van der Waals surface area contributed by atoms with Crippen molar-refractivity contribution in [1.29, 1.82) is 0 Å². The second kappa shape index (κ2) is 8.14. The van der Waals surface area contributed by atoms with Gasteiger partial charge in [0.15, 0.2) is 0 Å². The van der Waals surface area contributed by atoms with Gasteiger partial charge >= 0.3 is 0 Å². The van der Waals surface area contributed by atoms with Crippen LogP contribution < -0.4 is 5.32 Å². The molecule has 1 aromatic carbocycles. The van der Waals surface area contributed by atoms with Crippen molar-refractivity contribution in [2.24, 2.45) is 0 Å². The lowest BCUT2D eigenvalue weighted by Crippen LogP contribution is -2.51. The molecular formula is C17H28ClN3. The molecule has 2 aliphatic heterocycles. The molecule has 21 heavy (non-hydrogen) atoms. The molecule has 2 atom stereocenters. The molecule has 0 aromatic heterocycles. The van der Waals surface area contributed by atoms with Crippen molar-refractivity contribution in [2.45, 2.75) is 31.8 Å². The van der Waals surface area contributed by atoms with Gasteiger partial charge in [0.1, 0.15) is 0 Å². The van der Waals surface area contributed by atoms with Gasteiger partial charge in [-0.25, -0.2) is 0 Å². The molecule has 2 aliphatic rings. The van der Waals surface area contributed by atoms with E-state index >= 15 is 0 Å². The average Bonchev–Trinajstić information content (AvgIpc) is 3.04. The maximum absolute atomic E-state index is 3.49. The monoisotopic (exact) mass is 309 g/mol. The largest absolute Gasteiger partial charge is 0.315 e. The van der Waals surface area contributed by atoms with Crippen LogP contribution in [0.4, 0.5) is 0 Å². The van der Waals surface area contributed by atoms with E-state index in [0.29, 0.717) is 6.04 Å². The van der Waals surface area contributed by atoms with Crippen LogP contribution in [0.5, 0.6) is 0 Å². The lowest BCUT2D eigenvalue weighted by Gasteiger charge is -2.41. The number of benzene rings is 1. The molecule has 1 N–H and O–H groups in total. The smallest absolute Gasteiger partial charge is 0.0346 e. The van der Waals surface area contributed by atoms with E-state index in [1.807, 2.05) is 0 Å². The summed E-state index contributed by atoms with van der Waals surface area (Å²) in [5.74, 6) is 0. The number of halogens is 1. The van der Waals surface area contributed by atoms with Crippen molar-refractivity contribution in [2.75, 3.05) is 39.3 Å². The van der Waals surface area contributed by atoms with E-state index < -0.39 is 0 Å². The highest BCUT2D eigenvalue weighted by Gasteiger charge is 2.28. The molecule has 0 radical (unpaired) electrons. The molecule has 2 saturated heterocycles. The quantitative estimate of drug-likeness (QED) is 0.922. The van der Waals surface area contributed by atoms with Gasteiger partial charge in [-0.15, -0.1) is 12.4 Å². The molecule has 0 saturated carbocycles. The van der Waals surface area contributed by atoms with E-state index in [2.05, 4.69) is 52.4 Å². The number of nitrogens with one attached hydrogen (secondary N) is 1. The summed E-state index contributed by atoms with van der Waals surface area (Å²) in [6.45, 7) is 9.59. The van der Waals surface area contributed by atoms with Crippen LogP contribution in [-0.2, 0) is 0 Å². The summed E-state index contributed by atoms with van der Waals surface area (Å²) in [5.41, 5.74) is 1.48. The SMILES string of the molecule is CCC(c1ccccc1)N1CCN(C2CCNC2)CC1.Cl. The second-order valence-electron chi connectivity index (χ2n) is 6.05. The lowest BCUT2D eigenvalue weighted by atomic mass is 10.0. The van der Waals surface area contributed by atoms with E-state index in [1.165, 1.54) is 57.7 Å². The third-order valence-electron chi connectivity index (χ3n) is 4.91. The van der Waals surface area contributed by atoms with E-state index in [1.54, 1.807) is 0 Å². The predicted molar refractivity (Wildman–Crippen MR) is 91.1 cm³/mol. The molecule has 3 nitrogen and oxygen atoms in total. The Hall–Kier alpha value is -0.610. The molecule has 0 amide bonds. The summed E-state index contributed by atoms with van der Waals surface area (Å²) in [4.78, 5) is 5.36. The Bertz CT molecular complexity index is 398. The molecule has 118 valence electrons. The van der Waals surface area contributed by atoms with Crippen LogP contribution >= 0.6 is 12.4 Å². The number of hydrogen-bond donors (Lipinski definition) is 1. The fourth-order valence-electron chi connectivity index (χ4n) is 3.75. The van der Waals surface area contributed by atoms with Crippen LogP contribution in [0.2, 0.25) is 0 Å². The standard InChI is InChI=1S/C17H27N3.ClH/c1-2-17(15-6-4-3-5-7-15)20-12-10-19(11-13-20)16-8-9-18-14-16;/h3-7,16-18H,2,8-14H2,1H3;1H. The van der Waals surface area contributed by atoms with Crippen LogP contribution in [0.1, 0.15) is 31.4 Å². The summed E-state index contributed by atoms with van der Waals surface area (Å²) in [6.07, 6.45) is 2.53. The topological polar surface area (TPSA) is 18.5 Å². The lowest BCUT2D eigenvalue weighted by molar-refractivity contribution is 0.0720. The predicted octanol–water partition coefficient (Wildman–Crippen LogP) is 2.54. The van der Waals surface area contributed by atoms with E-state index in [-0.39, 0.29) is 12.4 Å². The zero-order valence-corrected chi connectivity index (χ0v) is 13.8. The fourth-order valence-corrected chi connectivity index (χ4v) is 3.75. The van der Waals surface area contributed by atoms with Gasteiger partial charge in [-0.2, -0.15) is 0 Å². The summed E-state index contributed by atoms with van der Waals surface area (Å²) in [6, 6.07) is 12.4. The molecule has 2 fully saturated rings. The summed E-state index contributed by atoms with van der Waals surface area (Å²) < 4.78 is 0. The Balaban J connectivity index is 0.00000161. The minimum absolute atomic E-state index is 0. The van der Waals surface area contributed by atoms with Crippen LogP contribution in [-0.4, -0.2) is 55.1 Å². The highest BCUT2D eigenvalue weighted by atomic mass is 35.5. The Kier molecular flexibility index (Phi) is 6.49. The van der Waals surface area contributed by atoms with Gasteiger partial charge < -0.3 is 5.32 Å². The van der Waals surface area contributed by atoms with Crippen LogP contribution in [0.15, 0.2) is 30.3 Å². The minimum Gasteiger partial charge on any atom is -0.315 e. The third kappa shape index (κ3) is 3.98. The Morgan fingerprint density at radius 2 is 1.86 bits per heavy atom. The van der Waals surface area contributed by atoms with Gasteiger partial charge in [0.05, 0.1) is 0 Å². The van der Waals surface area contributed by atoms with Crippen LogP contribution in [0, 0.1) is 0 Å². The molecule has 2 unspecified atom stereocenters. The van der Waals surface area contributed by atoms with E-state index in [9.17, 15) is 0 Å². The Morgan fingerprint density at radius 1 is 1.14 bits per heavy atom. The van der Waals surface area contributed by atoms with E-state index in [0.717, 1.165) is 6.04 Å². The second-order valence-corrected chi connectivity index (χ2v) is 6.05. The Labute approximate surface area is 135 Å². The molecule has 0 bridgehead atoms. The number of hydrogen-bond acceptors (Lipinski definition) is 3. The molecule has 0 aliphatic carbocycles. The van der Waals surface area contributed by atoms with Gasteiger partial charge in [-0.1, -0.05) is 37.3 Å². The summed E-state index contributed by atoms with van der Waals surface area (Å²) in [5, 5.41) is 3.49. The van der Waals surface area contributed by atoms with Crippen molar-refractivity contribution in [3.8, 4) is 0 Å². The summed E-state index contributed by atoms with van der Waals surface area (Å²) >= 11 is 0. The number of nitrogens with zero attached hydrogens (tertiary/aromatic N) is 2. The molecule has 0 spiro atoms. The maximum Gasteiger partial charge on any atom is 0.0346 e. The van der Waals surface area contributed by atoms with Crippen molar-refractivity contribution in [3.05, 3.63) is 35.9 Å². The first kappa shape index (κ1) is 16.8. The molecule has 1 aromatic rings. The fraction of sp³-hybridized carbons (Fsp3) is 0.647. The molecular weight excluding hydrogens is 282 g/mol. The number of rotatable bonds is 4. The average molecular weight is 310 g/mol. The van der Waals surface area contributed by atoms with Crippen molar-refractivity contribution >= 4 is 12.4 Å². The van der Waals surface area contributed by atoms with Crippen molar-refractivity contribution in [1.82, 2.24) is 15.1 Å². The van der Waals surface area contributed by atoms with Gasteiger partial charge in [-0.05, 0) is 24.9 Å². The first-order valence-electron chi connectivity index (χ1n) is 8.12. The third-order valence-corrected chi connectivity index (χ3v) is 4.91.